The number of carbonyl (C=O) groups excluding carboxylic acids is 1. The third kappa shape index (κ3) is 3.83. The Hall–Kier alpha value is -0.870. The zero-order chi connectivity index (χ0) is 14.6. The molecule has 20 heavy (non-hydrogen) atoms. The summed E-state index contributed by atoms with van der Waals surface area (Å²) in [5.74, 6) is 0.852. The van der Waals surface area contributed by atoms with Crippen molar-refractivity contribution >= 4 is 17.2 Å². The van der Waals surface area contributed by atoms with Gasteiger partial charge in [-0.05, 0) is 36.8 Å². The summed E-state index contributed by atoms with van der Waals surface area (Å²) < 4.78 is 0. The molecule has 1 fully saturated rings. The van der Waals surface area contributed by atoms with E-state index in [0.29, 0.717) is 12.5 Å². The van der Waals surface area contributed by atoms with Crippen LogP contribution in [0.5, 0.6) is 0 Å². The predicted octanol–water partition coefficient (Wildman–Crippen LogP) is 2.92. The number of amides is 1. The summed E-state index contributed by atoms with van der Waals surface area (Å²) in [4.78, 5) is 13.6. The molecule has 0 aliphatic carbocycles. The number of thiophene rings is 1. The second-order valence-electron chi connectivity index (χ2n) is 6.38. The normalized spacial score (nSPS) is 23.6. The summed E-state index contributed by atoms with van der Waals surface area (Å²) in [6.07, 6.45) is 3.34. The van der Waals surface area contributed by atoms with Gasteiger partial charge in [-0.25, -0.2) is 0 Å². The van der Waals surface area contributed by atoms with E-state index in [-0.39, 0.29) is 17.4 Å². The van der Waals surface area contributed by atoms with Crippen molar-refractivity contribution in [1.29, 1.82) is 0 Å². The average Bonchev–Trinajstić information content (AvgIpc) is 3.00. The van der Waals surface area contributed by atoms with E-state index in [4.69, 9.17) is 0 Å². The van der Waals surface area contributed by atoms with Gasteiger partial charge in [0.2, 0.25) is 5.91 Å². The van der Waals surface area contributed by atoms with Crippen LogP contribution in [0.15, 0.2) is 17.5 Å². The van der Waals surface area contributed by atoms with Gasteiger partial charge in [0.15, 0.2) is 0 Å². The molecule has 0 radical (unpaired) electrons. The molecule has 1 aliphatic heterocycles. The standard InChI is InChI=1S/C16H26N2OS/c1-4-12-7-8-17-13(10-12)15(19)18-11-16(2,3)14-6-5-9-20-14/h5-6,9,12-13,17H,4,7-8,10-11H2,1-3H3,(H,18,19). The van der Waals surface area contributed by atoms with Gasteiger partial charge in [-0.3, -0.25) is 4.79 Å². The van der Waals surface area contributed by atoms with Crippen LogP contribution in [0, 0.1) is 5.92 Å². The van der Waals surface area contributed by atoms with Gasteiger partial charge >= 0.3 is 0 Å². The smallest absolute Gasteiger partial charge is 0.237 e. The Morgan fingerprint density at radius 1 is 1.55 bits per heavy atom. The Kier molecular flexibility index (Phi) is 5.22. The molecule has 0 saturated carbocycles. The first-order valence-corrected chi connectivity index (χ1v) is 8.46. The molecule has 112 valence electrons. The van der Waals surface area contributed by atoms with E-state index < -0.39 is 0 Å². The Bertz CT molecular complexity index is 428. The van der Waals surface area contributed by atoms with Crippen molar-refractivity contribution in [1.82, 2.24) is 10.6 Å². The maximum Gasteiger partial charge on any atom is 0.237 e. The SMILES string of the molecule is CCC1CCNC(C(=O)NCC(C)(C)c2cccs2)C1. The van der Waals surface area contributed by atoms with Crippen molar-refractivity contribution in [3.63, 3.8) is 0 Å². The van der Waals surface area contributed by atoms with E-state index in [9.17, 15) is 4.79 Å². The zero-order valence-electron chi connectivity index (χ0n) is 12.7. The first-order chi connectivity index (χ1) is 9.53. The number of carbonyl (C=O) groups is 1. The quantitative estimate of drug-likeness (QED) is 0.876. The molecule has 1 amide bonds. The second kappa shape index (κ2) is 6.72. The summed E-state index contributed by atoms with van der Waals surface area (Å²) in [5, 5.41) is 8.57. The van der Waals surface area contributed by atoms with Crippen molar-refractivity contribution < 1.29 is 4.79 Å². The summed E-state index contributed by atoms with van der Waals surface area (Å²) in [5.41, 5.74) is 0.00263. The Morgan fingerprint density at radius 3 is 3.00 bits per heavy atom. The van der Waals surface area contributed by atoms with Gasteiger partial charge in [0.25, 0.3) is 0 Å². The molecule has 3 nitrogen and oxygen atoms in total. The van der Waals surface area contributed by atoms with Gasteiger partial charge in [0, 0.05) is 16.8 Å². The van der Waals surface area contributed by atoms with E-state index in [1.807, 2.05) is 0 Å². The van der Waals surface area contributed by atoms with Crippen molar-refractivity contribution in [3.05, 3.63) is 22.4 Å². The van der Waals surface area contributed by atoms with Crippen LogP contribution < -0.4 is 10.6 Å². The van der Waals surface area contributed by atoms with Gasteiger partial charge < -0.3 is 10.6 Å². The fourth-order valence-corrected chi connectivity index (χ4v) is 3.60. The van der Waals surface area contributed by atoms with Crippen molar-refractivity contribution in [2.45, 2.75) is 51.5 Å². The fraction of sp³-hybridized carbons (Fsp3) is 0.688. The molecular formula is C16H26N2OS. The van der Waals surface area contributed by atoms with Gasteiger partial charge in [0.05, 0.1) is 6.04 Å². The maximum atomic E-state index is 12.3. The Balaban J connectivity index is 1.85. The van der Waals surface area contributed by atoms with Gasteiger partial charge in [0.1, 0.15) is 0 Å². The minimum Gasteiger partial charge on any atom is -0.354 e. The van der Waals surface area contributed by atoms with Crippen LogP contribution in [0.4, 0.5) is 0 Å². The van der Waals surface area contributed by atoms with Crippen LogP contribution in [0.1, 0.15) is 44.9 Å². The highest BCUT2D eigenvalue weighted by molar-refractivity contribution is 7.10. The lowest BCUT2D eigenvalue weighted by atomic mass is 9.89. The molecule has 1 aromatic heterocycles. The highest BCUT2D eigenvalue weighted by atomic mass is 32.1. The third-order valence-corrected chi connectivity index (χ3v) is 5.53. The summed E-state index contributed by atoms with van der Waals surface area (Å²) in [6, 6.07) is 4.20. The summed E-state index contributed by atoms with van der Waals surface area (Å²) in [7, 11) is 0. The van der Waals surface area contributed by atoms with Crippen LogP contribution in [-0.2, 0) is 10.2 Å². The molecule has 1 saturated heterocycles. The highest BCUT2D eigenvalue weighted by Gasteiger charge is 2.28. The fourth-order valence-electron chi connectivity index (χ4n) is 2.75. The van der Waals surface area contributed by atoms with Crippen molar-refractivity contribution in [2.75, 3.05) is 13.1 Å². The van der Waals surface area contributed by atoms with Crippen molar-refractivity contribution in [2.24, 2.45) is 5.92 Å². The van der Waals surface area contributed by atoms with E-state index >= 15 is 0 Å². The summed E-state index contributed by atoms with van der Waals surface area (Å²) >= 11 is 1.75. The molecule has 2 atom stereocenters. The lowest BCUT2D eigenvalue weighted by molar-refractivity contribution is -0.124. The van der Waals surface area contributed by atoms with Gasteiger partial charge in [-0.15, -0.1) is 11.3 Å². The lowest BCUT2D eigenvalue weighted by Crippen LogP contribution is -2.50. The number of piperidine rings is 1. The monoisotopic (exact) mass is 294 g/mol. The molecule has 4 heteroatoms. The minimum atomic E-state index is -0.00663. The van der Waals surface area contributed by atoms with Crippen LogP contribution in [0.3, 0.4) is 0 Å². The molecule has 0 aromatic carbocycles. The van der Waals surface area contributed by atoms with Gasteiger partial charge in [-0.2, -0.15) is 0 Å². The first-order valence-electron chi connectivity index (χ1n) is 7.58. The van der Waals surface area contributed by atoms with Crippen LogP contribution in [-0.4, -0.2) is 25.0 Å². The molecule has 2 N–H and O–H groups in total. The first kappa shape index (κ1) is 15.5. The Morgan fingerprint density at radius 2 is 2.35 bits per heavy atom. The lowest BCUT2D eigenvalue weighted by Gasteiger charge is -2.30. The number of nitrogens with one attached hydrogen (secondary N) is 2. The average molecular weight is 294 g/mol. The maximum absolute atomic E-state index is 12.3. The Labute approximate surface area is 126 Å². The molecular weight excluding hydrogens is 268 g/mol. The van der Waals surface area contributed by atoms with Gasteiger partial charge in [-0.1, -0.05) is 33.3 Å². The summed E-state index contributed by atoms with van der Waals surface area (Å²) in [6.45, 7) is 8.24. The van der Waals surface area contributed by atoms with Crippen molar-refractivity contribution in [3.8, 4) is 0 Å². The molecule has 0 spiro atoms. The molecule has 1 aromatic rings. The molecule has 2 rings (SSSR count). The third-order valence-electron chi connectivity index (χ3n) is 4.30. The van der Waals surface area contributed by atoms with E-state index in [2.05, 4.69) is 48.9 Å². The topological polar surface area (TPSA) is 41.1 Å². The second-order valence-corrected chi connectivity index (χ2v) is 7.33. The van der Waals surface area contributed by atoms with E-state index in [1.54, 1.807) is 11.3 Å². The minimum absolute atomic E-state index is 0.00263. The van der Waals surface area contributed by atoms with Crippen LogP contribution in [0.2, 0.25) is 0 Å². The van der Waals surface area contributed by atoms with E-state index in [1.165, 1.54) is 17.7 Å². The molecule has 1 aliphatic rings. The molecule has 0 bridgehead atoms. The van der Waals surface area contributed by atoms with Crippen LogP contribution in [0.25, 0.3) is 0 Å². The largest absolute Gasteiger partial charge is 0.354 e. The highest BCUT2D eigenvalue weighted by Crippen LogP contribution is 2.26. The molecule has 2 unspecified atom stereocenters. The molecule has 2 heterocycles. The van der Waals surface area contributed by atoms with Crippen LogP contribution >= 0.6 is 11.3 Å². The van der Waals surface area contributed by atoms with E-state index in [0.717, 1.165) is 13.0 Å². The number of hydrogen-bond donors (Lipinski definition) is 2. The predicted molar refractivity (Wildman–Crippen MR) is 85.2 cm³/mol. The number of hydrogen-bond acceptors (Lipinski definition) is 3. The number of rotatable bonds is 5. The zero-order valence-corrected chi connectivity index (χ0v) is 13.6.